The highest BCUT2D eigenvalue weighted by atomic mass is 19.2. The average Bonchev–Trinajstić information content (AvgIpc) is 2.64. The second-order valence-corrected chi connectivity index (χ2v) is 4.98. The van der Waals surface area contributed by atoms with E-state index in [0.717, 1.165) is 5.56 Å². The zero-order valence-electron chi connectivity index (χ0n) is 13.6. The van der Waals surface area contributed by atoms with Crippen molar-refractivity contribution in [3.8, 4) is 17.6 Å². The van der Waals surface area contributed by atoms with E-state index in [1.807, 2.05) is 30.3 Å². The summed E-state index contributed by atoms with van der Waals surface area (Å²) >= 11 is 0. The Bertz CT molecular complexity index is 782. The summed E-state index contributed by atoms with van der Waals surface area (Å²) in [5.41, 5.74) is 0.819. The van der Waals surface area contributed by atoms with Crippen LogP contribution < -0.4 is 10.1 Å². The van der Waals surface area contributed by atoms with Gasteiger partial charge in [0.2, 0.25) is 5.82 Å². The Labute approximate surface area is 144 Å². The molecule has 0 bridgehead atoms. The lowest BCUT2D eigenvalue weighted by molar-refractivity contribution is 0.140. The van der Waals surface area contributed by atoms with Crippen LogP contribution in [0.1, 0.15) is 17.5 Å². The Hall–Kier alpha value is -3.07. The number of hydrogen-bond acceptors (Lipinski definition) is 3. The SMILES string of the molecule is COc1ccc(C#CCCNC(=O)OCc2ccccc2)c(F)c1F. The van der Waals surface area contributed by atoms with Crippen LogP contribution in [0.25, 0.3) is 0 Å². The monoisotopic (exact) mass is 345 g/mol. The van der Waals surface area contributed by atoms with Gasteiger partial charge in [0.25, 0.3) is 0 Å². The van der Waals surface area contributed by atoms with Gasteiger partial charge in [0, 0.05) is 13.0 Å². The molecule has 0 aliphatic carbocycles. The number of hydrogen-bond donors (Lipinski definition) is 1. The first-order chi connectivity index (χ1) is 12.1. The van der Waals surface area contributed by atoms with Gasteiger partial charge in [-0.3, -0.25) is 0 Å². The molecule has 6 heteroatoms. The van der Waals surface area contributed by atoms with Crippen molar-refractivity contribution in [3.05, 3.63) is 65.2 Å². The van der Waals surface area contributed by atoms with Crippen LogP contribution in [0.3, 0.4) is 0 Å². The smallest absolute Gasteiger partial charge is 0.407 e. The average molecular weight is 345 g/mol. The largest absolute Gasteiger partial charge is 0.494 e. The molecule has 0 heterocycles. The Morgan fingerprint density at radius 2 is 1.88 bits per heavy atom. The molecule has 2 rings (SSSR count). The van der Waals surface area contributed by atoms with Gasteiger partial charge in [-0.15, -0.1) is 0 Å². The summed E-state index contributed by atoms with van der Waals surface area (Å²) in [5.74, 6) is 2.89. The van der Waals surface area contributed by atoms with Crippen LogP contribution in [-0.4, -0.2) is 19.7 Å². The van der Waals surface area contributed by atoms with Crippen LogP contribution in [0.15, 0.2) is 42.5 Å². The fraction of sp³-hybridized carbons (Fsp3) is 0.211. The fourth-order valence-electron chi connectivity index (χ4n) is 1.94. The van der Waals surface area contributed by atoms with E-state index in [0.29, 0.717) is 0 Å². The van der Waals surface area contributed by atoms with Gasteiger partial charge in [-0.25, -0.2) is 9.18 Å². The predicted octanol–water partition coefficient (Wildman–Crippen LogP) is 3.64. The van der Waals surface area contributed by atoms with Gasteiger partial charge in [-0.05, 0) is 17.7 Å². The van der Waals surface area contributed by atoms with E-state index < -0.39 is 17.7 Å². The first kappa shape index (κ1) is 18.3. The minimum Gasteiger partial charge on any atom is -0.494 e. The zero-order valence-corrected chi connectivity index (χ0v) is 13.6. The van der Waals surface area contributed by atoms with Gasteiger partial charge < -0.3 is 14.8 Å². The van der Waals surface area contributed by atoms with Gasteiger partial charge in [0.1, 0.15) is 6.61 Å². The number of carbonyl (C=O) groups excluding carboxylic acids is 1. The topological polar surface area (TPSA) is 47.6 Å². The molecule has 0 atom stereocenters. The van der Waals surface area contributed by atoms with Crippen LogP contribution in [-0.2, 0) is 11.3 Å². The van der Waals surface area contributed by atoms with Crippen molar-refractivity contribution in [2.45, 2.75) is 13.0 Å². The summed E-state index contributed by atoms with van der Waals surface area (Å²) in [7, 11) is 1.26. The molecular formula is C19H17F2NO3. The van der Waals surface area contributed by atoms with Crippen LogP contribution in [0.2, 0.25) is 0 Å². The van der Waals surface area contributed by atoms with E-state index in [1.165, 1.54) is 19.2 Å². The minimum absolute atomic E-state index is 0.0649. The molecule has 1 amide bonds. The molecule has 0 aliphatic rings. The van der Waals surface area contributed by atoms with Crippen molar-refractivity contribution in [1.82, 2.24) is 5.32 Å². The van der Waals surface area contributed by atoms with Crippen LogP contribution in [0, 0.1) is 23.5 Å². The number of rotatable bonds is 5. The number of methoxy groups -OCH3 is 1. The number of nitrogens with one attached hydrogen (secondary N) is 1. The van der Waals surface area contributed by atoms with Crippen LogP contribution in [0.5, 0.6) is 5.75 Å². The van der Waals surface area contributed by atoms with Gasteiger partial charge >= 0.3 is 6.09 Å². The van der Waals surface area contributed by atoms with E-state index in [4.69, 9.17) is 4.74 Å². The number of ether oxygens (including phenoxy) is 2. The lowest BCUT2D eigenvalue weighted by Gasteiger charge is -2.05. The van der Waals surface area contributed by atoms with E-state index in [9.17, 15) is 13.6 Å². The highest BCUT2D eigenvalue weighted by molar-refractivity contribution is 5.67. The number of carbonyl (C=O) groups is 1. The molecule has 0 fully saturated rings. The van der Waals surface area contributed by atoms with Crippen molar-refractivity contribution in [1.29, 1.82) is 0 Å². The number of alkyl carbamates (subject to hydrolysis) is 1. The van der Waals surface area contributed by atoms with Gasteiger partial charge in [0.15, 0.2) is 11.6 Å². The van der Waals surface area contributed by atoms with Gasteiger partial charge in [0.05, 0.1) is 12.7 Å². The third kappa shape index (κ3) is 5.50. The Balaban J connectivity index is 1.75. The molecule has 2 aromatic carbocycles. The second kappa shape index (κ2) is 9.28. The molecule has 130 valence electrons. The normalized spacial score (nSPS) is 9.72. The molecular weight excluding hydrogens is 328 g/mol. The fourth-order valence-corrected chi connectivity index (χ4v) is 1.94. The summed E-state index contributed by atoms with van der Waals surface area (Å²) in [6.07, 6.45) is -0.291. The van der Waals surface area contributed by atoms with Crippen molar-refractivity contribution in [2.75, 3.05) is 13.7 Å². The van der Waals surface area contributed by atoms with E-state index in [-0.39, 0.29) is 30.9 Å². The number of amides is 1. The molecule has 0 aliphatic heterocycles. The lowest BCUT2D eigenvalue weighted by atomic mass is 10.2. The summed E-state index contributed by atoms with van der Waals surface area (Å²) < 4.78 is 36.9. The van der Waals surface area contributed by atoms with Crippen molar-refractivity contribution in [3.63, 3.8) is 0 Å². The summed E-state index contributed by atoms with van der Waals surface area (Å²) in [5, 5.41) is 2.53. The Kier molecular flexibility index (Phi) is 6.78. The molecule has 0 radical (unpaired) electrons. The number of halogens is 2. The predicted molar refractivity (Wildman–Crippen MR) is 89.0 cm³/mol. The quantitative estimate of drug-likeness (QED) is 0.665. The summed E-state index contributed by atoms with van der Waals surface area (Å²) in [6, 6.07) is 11.9. The van der Waals surface area contributed by atoms with Crippen molar-refractivity contribution < 1.29 is 23.0 Å². The molecule has 1 N–H and O–H groups in total. The highest BCUT2D eigenvalue weighted by Crippen LogP contribution is 2.21. The maximum atomic E-state index is 13.7. The molecule has 0 saturated carbocycles. The van der Waals surface area contributed by atoms with Crippen LogP contribution in [0.4, 0.5) is 13.6 Å². The molecule has 0 saturated heterocycles. The van der Waals surface area contributed by atoms with Gasteiger partial charge in [-0.1, -0.05) is 42.2 Å². The van der Waals surface area contributed by atoms with Crippen molar-refractivity contribution in [2.24, 2.45) is 0 Å². The van der Waals surface area contributed by atoms with Crippen LogP contribution >= 0.6 is 0 Å². The lowest BCUT2D eigenvalue weighted by Crippen LogP contribution is -2.24. The number of benzene rings is 2. The molecule has 4 nitrogen and oxygen atoms in total. The third-order valence-corrected chi connectivity index (χ3v) is 3.22. The third-order valence-electron chi connectivity index (χ3n) is 3.22. The van der Waals surface area contributed by atoms with E-state index in [2.05, 4.69) is 21.9 Å². The molecule has 0 unspecified atom stereocenters. The first-order valence-corrected chi connectivity index (χ1v) is 7.57. The van der Waals surface area contributed by atoms with E-state index >= 15 is 0 Å². The molecule has 0 spiro atoms. The highest BCUT2D eigenvalue weighted by Gasteiger charge is 2.12. The van der Waals surface area contributed by atoms with Gasteiger partial charge in [-0.2, -0.15) is 4.39 Å². The van der Waals surface area contributed by atoms with Crippen molar-refractivity contribution >= 4 is 6.09 Å². The maximum absolute atomic E-state index is 13.7. The minimum atomic E-state index is -1.07. The second-order valence-electron chi connectivity index (χ2n) is 4.98. The zero-order chi connectivity index (χ0) is 18.1. The van der Waals surface area contributed by atoms with E-state index in [1.54, 1.807) is 0 Å². The Morgan fingerprint density at radius 1 is 1.12 bits per heavy atom. The molecule has 0 aromatic heterocycles. The standard InChI is InChI=1S/C19H17F2NO3/c1-24-16-11-10-15(17(20)18(16)21)9-5-6-12-22-19(23)25-13-14-7-3-2-4-8-14/h2-4,7-8,10-11H,6,12-13H2,1H3,(H,22,23). The maximum Gasteiger partial charge on any atom is 0.407 e. The first-order valence-electron chi connectivity index (χ1n) is 7.57. The Morgan fingerprint density at radius 3 is 2.60 bits per heavy atom. The summed E-state index contributed by atoms with van der Waals surface area (Å²) in [6.45, 7) is 0.412. The molecule has 25 heavy (non-hydrogen) atoms. The summed E-state index contributed by atoms with van der Waals surface area (Å²) in [4.78, 5) is 11.5. The molecule has 2 aromatic rings.